The van der Waals surface area contributed by atoms with Crippen LogP contribution in [0.25, 0.3) is 22.0 Å². The zero-order valence-corrected chi connectivity index (χ0v) is 16.6. The Bertz CT molecular complexity index is 1420. The summed E-state index contributed by atoms with van der Waals surface area (Å²) in [6.45, 7) is 0.208. The predicted octanol–water partition coefficient (Wildman–Crippen LogP) is 5.39. The minimum Gasteiger partial charge on any atom is -0.486 e. The lowest BCUT2D eigenvalue weighted by Gasteiger charge is -2.08. The summed E-state index contributed by atoms with van der Waals surface area (Å²) in [5.74, 6) is 1.56. The van der Waals surface area contributed by atoms with Gasteiger partial charge in [0.25, 0.3) is 0 Å². The maximum Gasteiger partial charge on any atom is 0.335 e. The number of furan rings is 1. The number of hydrogen-bond donors (Lipinski definition) is 1. The van der Waals surface area contributed by atoms with Crippen molar-refractivity contribution in [2.75, 3.05) is 0 Å². The third-order valence-corrected chi connectivity index (χ3v) is 5.06. The van der Waals surface area contributed by atoms with E-state index in [9.17, 15) is 4.79 Å². The van der Waals surface area contributed by atoms with Crippen LogP contribution in [0.15, 0.2) is 77.4 Å². The SMILES string of the molecule is Cn1c(COc2cccc(C(=O)O)c2)nc2ccc(Oc3ccc4ccoc4c3)cc21. The Balaban J connectivity index is 1.36. The summed E-state index contributed by atoms with van der Waals surface area (Å²) in [5.41, 5.74) is 2.66. The number of rotatable bonds is 6. The maximum absolute atomic E-state index is 11.1. The second kappa shape index (κ2) is 7.53. The van der Waals surface area contributed by atoms with Crippen molar-refractivity contribution in [1.29, 1.82) is 0 Å². The molecule has 0 atom stereocenters. The van der Waals surface area contributed by atoms with E-state index in [-0.39, 0.29) is 12.2 Å². The highest BCUT2D eigenvalue weighted by atomic mass is 16.5. The Morgan fingerprint density at radius 3 is 2.74 bits per heavy atom. The zero-order chi connectivity index (χ0) is 21.4. The van der Waals surface area contributed by atoms with Crippen LogP contribution < -0.4 is 9.47 Å². The second-order valence-electron chi connectivity index (χ2n) is 7.08. The molecule has 2 heterocycles. The van der Waals surface area contributed by atoms with Crippen molar-refractivity contribution >= 4 is 28.0 Å². The molecule has 0 bridgehead atoms. The summed E-state index contributed by atoms with van der Waals surface area (Å²) >= 11 is 0. The lowest BCUT2D eigenvalue weighted by atomic mass is 10.2. The number of ether oxygens (including phenoxy) is 2. The first-order chi connectivity index (χ1) is 15.1. The molecule has 7 nitrogen and oxygen atoms in total. The van der Waals surface area contributed by atoms with Crippen molar-refractivity contribution in [2.24, 2.45) is 7.05 Å². The molecule has 0 aliphatic carbocycles. The van der Waals surface area contributed by atoms with Crippen LogP contribution in [-0.4, -0.2) is 20.6 Å². The van der Waals surface area contributed by atoms with Crippen LogP contribution in [0.4, 0.5) is 0 Å². The molecule has 31 heavy (non-hydrogen) atoms. The van der Waals surface area contributed by atoms with E-state index in [2.05, 4.69) is 4.98 Å². The number of aromatic nitrogens is 2. The lowest BCUT2D eigenvalue weighted by molar-refractivity contribution is 0.0696. The average molecular weight is 414 g/mol. The Morgan fingerprint density at radius 2 is 1.87 bits per heavy atom. The molecule has 5 aromatic rings. The Hall–Kier alpha value is -4.26. The van der Waals surface area contributed by atoms with Crippen LogP contribution in [0.1, 0.15) is 16.2 Å². The van der Waals surface area contributed by atoms with E-state index in [0.717, 1.165) is 22.0 Å². The Labute approximate surface area is 177 Å². The van der Waals surface area contributed by atoms with Crippen LogP contribution in [-0.2, 0) is 13.7 Å². The first-order valence-electron chi connectivity index (χ1n) is 9.63. The first-order valence-corrected chi connectivity index (χ1v) is 9.63. The lowest BCUT2D eigenvalue weighted by Crippen LogP contribution is -2.04. The van der Waals surface area contributed by atoms with E-state index >= 15 is 0 Å². The molecule has 0 aliphatic heterocycles. The van der Waals surface area contributed by atoms with Gasteiger partial charge < -0.3 is 23.6 Å². The van der Waals surface area contributed by atoms with Gasteiger partial charge in [0.1, 0.15) is 35.3 Å². The van der Waals surface area contributed by atoms with Crippen LogP contribution >= 0.6 is 0 Å². The van der Waals surface area contributed by atoms with Gasteiger partial charge in [0.2, 0.25) is 0 Å². The van der Waals surface area contributed by atoms with Crippen molar-refractivity contribution in [3.8, 4) is 17.2 Å². The number of imidazole rings is 1. The quantitative estimate of drug-likeness (QED) is 0.401. The summed E-state index contributed by atoms with van der Waals surface area (Å²) in [7, 11) is 1.90. The average Bonchev–Trinajstić information content (AvgIpc) is 3.36. The van der Waals surface area contributed by atoms with Crippen molar-refractivity contribution in [3.05, 3.63) is 84.4 Å². The van der Waals surface area contributed by atoms with Gasteiger partial charge >= 0.3 is 5.97 Å². The van der Waals surface area contributed by atoms with Crippen LogP contribution in [0.5, 0.6) is 17.2 Å². The molecule has 154 valence electrons. The molecule has 0 radical (unpaired) electrons. The molecule has 2 aromatic heterocycles. The molecule has 1 N–H and O–H groups in total. The maximum atomic E-state index is 11.1. The number of fused-ring (bicyclic) bond motifs is 2. The number of carbonyl (C=O) groups is 1. The van der Waals surface area contributed by atoms with Crippen molar-refractivity contribution in [1.82, 2.24) is 9.55 Å². The van der Waals surface area contributed by atoms with Crippen LogP contribution in [0, 0.1) is 0 Å². The number of benzene rings is 3. The fraction of sp³-hybridized carbons (Fsp3) is 0.0833. The number of aromatic carboxylic acids is 1. The molecule has 0 amide bonds. The predicted molar refractivity (Wildman–Crippen MR) is 115 cm³/mol. The number of carboxylic acids is 1. The summed E-state index contributed by atoms with van der Waals surface area (Å²) < 4.78 is 19.1. The largest absolute Gasteiger partial charge is 0.486 e. The fourth-order valence-electron chi connectivity index (χ4n) is 3.41. The molecular formula is C24H18N2O5. The number of nitrogens with zero attached hydrogens (tertiary/aromatic N) is 2. The Morgan fingerprint density at radius 1 is 1.03 bits per heavy atom. The molecule has 7 heteroatoms. The van der Waals surface area contributed by atoms with E-state index in [1.54, 1.807) is 18.4 Å². The zero-order valence-electron chi connectivity index (χ0n) is 16.6. The second-order valence-corrected chi connectivity index (χ2v) is 7.08. The normalized spacial score (nSPS) is 11.1. The van der Waals surface area contributed by atoms with Gasteiger partial charge in [-0.1, -0.05) is 6.07 Å². The summed E-state index contributed by atoms with van der Waals surface area (Å²) in [6, 6.07) is 19.7. The Kier molecular flexibility index (Phi) is 4.55. The number of hydrogen-bond acceptors (Lipinski definition) is 5. The van der Waals surface area contributed by atoms with Crippen LogP contribution in [0.3, 0.4) is 0 Å². The van der Waals surface area contributed by atoms with Gasteiger partial charge in [0.05, 0.1) is 22.9 Å². The van der Waals surface area contributed by atoms with E-state index in [4.69, 9.17) is 19.0 Å². The highest BCUT2D eigenvalue weighted by molar-refractivity contribution is 5.88. The van der Waals surface area contributed by atoms with E-state index in [0.29, 0.717) is 23.1 Å². The van der Waals surface area contributed by atoms with Gasteiger partial charge in [-0.05, 0) is 48.5 Å². The fourth-order valence-corrected chi connectivity index (χ4v) is 3.41. The van der Waals surface area contributed by atoms with Crippen molar-refractivity contribution in [3.63, 3.8) is 0 Å². The van der Waals surface area contributed by atoms with E-state index in [1.807, 2.05) is 54.1 Å². The van der Waals surface area contributed by atoms with Gasteiger partial charge in [-0.15, -0.1) is 0 Å². The third kappa shape index (κ3) is 3.69. The highest BCUT2D eigenvalue weighted by Crippen LogP contribution is 2.29. The molecule has 0 spiro atoms. The summed E-state index contributed by atoms with van der Waals surface area (Å²) in [4.78, 5) is 15.7. The van der Waals surface area contributed by atoms with Gasteiger partial charge in [-0.25, -0.2) is 9.78 Å². The van der Waals surface area contributed by atoms with Gasteiger partial charge in [0.15, 0.2) is 0 Å². The van der Waals surface area contributed by atoms with Gasteiger partial charge in [-0.3, -0.25) is 0 Å². The van der Waals surface area contributed by atoms with Gasteiger partial charge in [-0.2, -0.15) is 0 Å². The molecule has 5 rings (SSSR count). The third-order valence-electron chi connectivity index (χ3n) is 5.06. The monoisotopic (exact) mass is 414 g/mol. The standard InChI is InChI=1S/C24H18N2O5/c1-26-21-12-18(31-19-6-5-15-9-10-29-22(15)13-19)7-8-20(21)25-23(26)14-30-17-4-2-3-16(11-17)24(27)28/h2-13H,14H2,1H3,(H,27,28). The highest BCUT2D eigenvalue weighted by Gasteiger charge is 2.11. The first kappa shape index (κ1) is 18.7. The van der Waals surface area contributed by atoms with Crippen molar-refractivity contribution in [2.45, 2.75) is 6.61 Å². The van der Waals surface area contributed by atoms with E-state index in [1.165, 1.54) is 12.1 Å². The minimum absolute atomic E-state index is 0.178. The van der Waals surface area contributed by atoms with Crippen molar-refractivity contribution < 1.29 is 23.8 Å². The van der Waals surface area contributed by atoms with Crippen LogP contribution in [0.2, 0.25) is 0 Å². The molecule has 0 saturated heterocycles. The number of aryl methyl sites for hydroxylation is 1. The smallest absolute Gasteiger partial charge is 0.335 e. The van der Waals surface area contributed by atoms with Gasteiger partial charge in [0, 0.05) is 24.6 Å². The minimum atomic E-state index is -0.994. The summed E-state index contributed by atoms with van der Waals surface area (Å²) in [5, 5.41) is 10.1. The molecule has 0 unspecified atom stereocenters. The van der Waals surface area contributed by atoms with E-state index < -0.39 is 5.97 Å². The number of carboxylic acid groups (broad SMARTS) is 1. The summed E-state index contributed by atoms with van der Waals surface area (Å²) in [6.07, 6.45) is 1.65. The molecule has 3 aromatic carbocycles. The molecule has 0 aliphatic rings. The molecular weight excluding hydrogens is 396 g/mol. The molecule has 0 saturated carbocycles. The molecule has 0 fully saturated rings. The topological polar surface area (TPSA) is 86.7 Å².